The Balaban J connectivity index is 1.59. The molecular formula is C24H23N3O3. The SMILES string of the molecule is CO[C@@H](C(=O)Nc1ccc(/C=C/C(=O)Nc2ccccc2N)cc1)c1ccccc1. The van der Waals surface area contributed by atoms with E-state index in [1.807, 2.05) is 30.3 Å². The molecule has 0 aliphatic heterocycles. The summed E-state index contributed by atoms with van der Waals surface area (Å²) in [7, 11) is 1.50. The average Bonchev–Trinajstić information content (AvgIpc) is 2.76. The molecule has 0 saturated heterocycles. The van der Waals surface area contributed by atoms with Crippen molar-refractivity contribution in [1.29, 1.82) is 0 Å². The zero-order valence-electron chi connectivity index (χ0n) is 16.5. The van der Waals surface area contributed by atoms with Gasteiger partial charge in [0.05, 0.1) is 11.4 Å². The molecule has 2 amide bonds. The number of nitrogen functional groups attached to an aromatic ring is 1. The van der Waals surface area contributed by atoms with Gasteiger partial charge in [-0.3, -0.25) is 9.59 Å². The molecule has 6 nitrogen and oxygen atoms in total. The van der Waals surface area contributed by atoms with Crippen molar-refractivity contribution in [2.45, 2.75) is 6.10 Å². The Bertz CT molecular complexity index is 1030. The molecule has 0 bridgehead atoms. The van der Waals surface area contributed by atoms with Crippen molar-refractivity contribution < 1.29 is 14.3 Å². The van der Waals surface area contributed by atoms with Crippen molar-refractivity contribution >= 4 is 35.0 Å². The number of carbonyl (C=O) groups excluding carboxylic acids is 2. The molecule has 3 aromatic carbocycles. The number of anilines is 3. The van der Waals surface area contributed by atoms with Crippen LogP contribution in [0.1, 0.15) is 17.2 Å². The Kier molecular flexibility index (Phi) is 6.97. The van der Waals surface area contributed by atoms with Crippen molar-refractivity contribution in [1.82, 2.24) is 0 Å². The second kappa shape index (κ2) is 10.0. The lowest BCUT2D eigenvalue weighted by molar-refractivity contribution is -0.126. The lowest BCUT2D eigenvalue weighted by atomic mass is 10.1. The fourth-order valence-corrected chi connectivity index (χ4v) is 2.86. The standard InChI is InChI=1S/C24H23N3O3/c1-30-23(18-7-3-2-4-8-18)24(29)26-19-14-11-17(12-15-19)13-16-22(28)27-21-10-6-5-9-20(21)25/h2-16,23H,25H2,1H3,(H,26,29)(H,27,28)/b16-13+/t23-/m1/s1. The Morgan fingerprint density at radius 1 is 0.900 bits per heavy atom. The van der Waals surface area contributed by atoms with E-state index in [0.717, 1.165) is 11.1 Å². The van der Waals surface area contributed by atoms with Crippen LogP contribution in [-0.2, 0) is 14.3 Å². The molecule has 152 valence electrons. The molecule has 0 aliphatic rings. The van der Waals surface area contributed by atoms with Gasteiger partial charge >= 0.3 is 0 Å². The molecule has 1 atom stereocenters. The second-order valence-electron chi connectivity index (χ2n) is 6.55. The van der Waals surface area contributed by atoms with Gasteiger partial charge in [-0.25, -0.2) is 0 Å². The van der Waals surface area contributed by atoms with Crippen molar-refractivity contribution in [2.75, 3.05) is 23.5 Å². The summed E-state index contributed by atoms with van der Waals surface area (Å²) in [6.07, 6.45) is 2.41. The smallest absolute Gasteiger partial charge is 0.258 e. The monoisotopic (exact) mass is 401 g/mol. The normalized spacial score (nSPS) is 11.8. The highest BCUT2D eigenvalue weighted by atomic mass is 16.5. The van der Waals surface area contributed by atoms with Gasteiger partial charge < -0.3 is 21.1 Å². The van der Waals surface area contributed by atoms with Gasteiger partial charge in [-0.05, 0) is 41.5 Å². The van der Waals surface area contributed by atoms with Crippen molar-refractivity contribution in [3.63, 3.8) is 0 Å². The van der Waals surface area contributed by atoms with Gasteiger partial charge in [0, 0.05) is 18.9 Å². The first kappa shape index (κ1) is 20.8. The number of rotatable bonds is 7. The topological polar surface area (TPSA) is 93.4 Å². The van der Waals surface area contributed by atoms with Gasteiger partial charge in [0.25, 0.3) is 5.91 Å². The zero-order valence-corrected chi connectivity index (χ0v) is 16.5. The molecule has 3 aromatic rings. The van der Waals surface area contributed by atoms with Crippen LogP contribution in [0.5, 0.6) is 0 Å². The van der Waals surface area contributed by atoms with Crippen LogP contribution in [0.15, 0.2) is 84.9 Å². The Hall–Kier alpha value is -3.90. The van der Waals surface area contributed by atoms with Crippen LogP contribution in [0.3, 0.4) is 0 Å². The number of ether oxygens (including phenoxy) is 1. The number of nitrogens with one attached hydrogen (secondary N) is 2. The number of amides is 2. The first-order valence-electron chi connectivity index (χ1n) is 9.39. The van der Waals surface area contributed by atoms with Crippen LogP contribution in [-0.4, -0.2) is 18.9 Å². The third kappa shape index (κ3) is 5.56. The third-order valence-electron chi connectivity index (χ3n) is 4.40. The first-order valence-corrected chi connectivity index (χ1v) is 9.39. The minimum Gasteiger partial charge on any atom is -0.397 e. The summed E-state index contributed by atoms with van der Waals surface area (Å²) in [6.45, 7) is 0. The summed E-state index contributed by atoms with van der Waals surface area (Å²) < 4.78 is 5.34. The molecule has 0 heterocycles. The van der Waals surface area contributed by atoms with Gasteiger partial charge in [0.2, 0.25) is 5.91 Å². The molecule has 0 radical (unpaired) electrons. The Labute approximate surface area is 175 Å². The van der Waals surface area contributed by atoms with Crippen LogP contribution in [0, 0.1) is 0 Å². The second-order valence-corrected chi connectivity index (χ2v) is 6.55. The Morgan fingerprint density at radius 2 is 1.57 bits per heavy atom. The maximum Gasteiger partial charge on any atom is 0.258 e. The van der Waals surface area contributed by atoms with Gasteiger partial charge in [-0.1, -0.05) is 54.6 Å². The summed E-state index contributed by atoms with van der Waals surface area (Å²) in [5, 5.41) is 5.57. The minimum absolute atomic E-state index is 0.258. The van der Waals surface area contributed by atoms with Crippen LogP contribution in [0.2, 0.25) is 0 Å². The van der Waals surface area contributed by atoms with Gasteiger partial charge in [-0.2, -0.15) is 0 Å². The predicted molar refractivity (Wildman–Crippen MR) is 120 cm³/mol. The lowest BCUT2D eigenvalue weighted by Gasteiger charge is -2.15. The van der Waals surface area contributed by atoms with E-state index in [4.69, 9.17) is 10.5 Å². The molecule has 30 heavy (non-hydrogen) atoms. The maximum atomic E-state index is 12.5. The molecule has 0 aromatic heterocycles. The van der Waals surface area contributed by atoms with E-state index in [9.17, 15) is 9.59 Å². The van der Waals surface area contributed by atoms with Gasteiger partial charge in [0.15, 0.2) is 6.10 Å². The van der Waals surface area contributed by atoms with E-state index in [1.54, 1.807) is 54.6 Å². The molecule has 0 unspecified atom stereocenters. The van der Waals surface area contributed by atoms with E-state index in [2.05, 4.69) is 10.6 Å². The lowest BCUT2D eigenvalue weighted by Crippen LogP contribution is -2.22. The fourth-order valence-electron chi connectivity index (χ4n) is 2.86. The van der Waals surface area contributed by atoms with Crippen LogP contribution in [0.4, 0.5) is 17.1 Å². The third-order valence-corrected chi connectivity index (χ3v) is 4.40. The molecule has 0 fully saturated rings. The first-order chi connectivity index (χ1) is 14.6. The van der Waals surface area contributed by atoms with Crippen molar-refractivity contribution in [3.8, 4) is 0 Å². The van der Waals surface area contributed by atoms with E-state index in [0.29, 0.717) is 17.1 Å². The summed E-state index contributed by atoms with van der Waals surface area (Å²) in [5.74, 6) is -0.539. The molecular weight excluding hydrogens is 378 g/mol. The quantitative estimate of drug-likeness (QED) is 0.408. The summed E-state index contributed by atoms with van der Waals surface area (Å²) in [5.41, 5.74) is 9.12. The molecule has 4 N–H and O–H groups in total. The minimum atomic E-state index is -0.695. The van der Waals surface area contributed by atoms with E-state index < -0.39 is 6.10 Å². The molecule has 3 rings (SSSR count). The molecule has 6 heteroatoms. The largest absolute Gasteiger partial charge is 0.397 e. The molecule has 0 saturated carbocycles. The Morgan fingerprint density at radius 3 is 2.23 bits per heavy atom. The summed E-state index contributed by atoms with van der Waals surface area (Å²) in [6, 6.07) is 23.5. The highest BCUT2D eigenvalue weighted by Crippen LogP contribution is 2.20. The number of methoxy groups -OCH3 is 1. The zero-order chi connectivity index (χ0) is 21.3. The number of nitrogens with two attached hydrogens (primary N) is 1. The number of hydrogen-bond donors (Lipinski definition) is 3. The molecule has 0 aliphatic carbocycles. The van der Waals surface area contributed by atoms with E-state index in [-0.39, 0.29) is 11.8 Å². The fraction of sp³-hybridized carbons (Fsp3) is 0.0833. The van der Waals surface area contributed by atoms with Crippen LogP contribution < -0.4 is 16.4 Å². The summed E-state index contributed by atoms with van der Waals surface area (Å²) in [4.78, 5) is 24.6. The van der Waals surface area contributed by atoms with Crippen LogP contribution in [0.25, 0.3) is 6.08 Å². The number of benzene rings is 3. The molecule has 0 spiro atoms. The average molecular weight is 401 g/mol. The number of carbonyl (C=O) groups is 2. The number of para-hydroxylation sites is 2. The van der Waals surface area contributed by atoms with Crippen molar-refractivity contribution in [3.05, 3.63) is 96.1 Å². The van der Waals surface area contributed by atoms with Crippen LogP contribution >= 0.6 is 0 Å². The van der Waals surface area contributed by atoms with E-state index in [1.165, 1.54) is 13.2 Å². The maximum absolute atomic E-state index is 12.5. The summed E-state index contributed by atoms with van der Waals surface area (Å²) >= 11 is 0. The van der Waals surface area contributed by atoms with Crippen molar-refractivity contribution in [2.24, 2.45) is 0 Å². The van der Waals surface area contributed by atoms with Gasteiger partial charge in [-0.15, -0.1) is 0 Å². The van der Waals surface area contributed by atoms with E-state index >= 15 is 0 Å². The predicted octanol–water partition coefficient (Wildman–Crippen LogP) is 4.25. The highest BCUT2D eigenvalue weighted by molar-refractivity contribution is 6.03. The number of hydrogen-bond acceptors (Lipinski definition) is 4. The van der Waals surface area contributed by atoms with Gasteiger partial charge in [0.1, 0.15) is 0 Å². The highest BCUT2D eigenvalue weighted by Gasteiger charge is 2.19.